The first-order valence-corrected chi connectivity index (χ1v) is 5.28. The molecule has 0 atom stereocenters. The van der Waals surface area contributed by atoms with E-state index in [1.165, 1.54) is 12.1 Å². The van der Waals surface area contributed by atoms with Crippen molar-refractivity contribution in [1.82, 2.24) is 0 Å². The second kappa shape index (κ2) is 4.69. The van der Waals surface area contributed by atoms with Crippen LogP contribution in [0.2, 0.25) is 0 Å². The van der Waals surface area contributed by atoms with E-state index < -0.39 is 5.82 Å². The van der Waals surface area contributed by atoms with Crippen LogP contribution in [0.5, 0.6) is 0 Å². The number of hydrogen-bond donors (Lipinski definition) is 0. The molecule has 0 saturated heterocycles. The Morgan fingerprint density at radius 3 is 2.71 bits per heavy atom. The Labute approximate surface area is 91.5 Å². The maximum atomic E-state index is 13.2. The number of hydrogen-bond acceptors (Lipinski definition) is 1. The molecule has 3 heteroatoms. The van der Waals surface area contributed by atoms with Crippen molar-refractivity contribution in [2.45, 2.75) is 20.3 Å². The minimum Gasteiger partial charge on any atom is -0.294 e. The van der Waals surface area contributed by atoms with Gasteiger partial charge in [0.1, 0.15) is 5.82 Å². The van der Waals surface area contributed by atoms with Crippen molar-refractivity contribution in [3.05, 3.63) is 34.1 Å². The quantitative estimate of drug-likeness (QED) is 0.754. The number of benzene rings is 1. The van der Waals surface area contributed by atoms with E-state index in [9.17, 15) is 9.18 Å². The normalized spacial score (nSPS) is 10.6. The zero-order valence-electron chi connectivity index (χ0n) is 8.18. The highest BCUT2D eigenvalue weighted by molar-refractivity contribution is 9.10. The van der Waals surface area contributed by atoms with Crippen molar-refractivity contribution in [3.63, 3.8) is 0 Å². The van der Waals surface area contributed by atoms with Gasteiger partial charge in [-0.15, -0.1) is 0 Å². The van der Waals surface area contributed by atoms with Gasteiger partial charge in [0, 0.05) is 10.9 Å². The van der Waals surface area contributed by atoms with Crippen LogP contribution in [0.4, 0.5) is 4.39 Å². The summed E-state index contributed by atoms with van der Waals surface area (Å²) in [6, 6.07) is 4.42. The molecule has 0 aromatic heterocycles. The van der Waals surface area contributed by atoms with Crippen molar-refractivity contribution >= 4 is 21.7 Å². The third-order valence-corrected chi connectivity index (χ3v) is 2.32. The lowest BCUT2D eigenvalue weighted by atomic mass is 10.0. The van der Waals surface area contributed by atoms with Gasteiger partial charge in [-0.2, -0.15) is 0 Å². The van der Waals surface area contributed by atoms with Crippen molar-refractivity contribution in [2.75, 3.05) is 0 Å². The maximum Gasteiger partial charge on any atom is 0.166 e. The van der Waals surface area contributed by atoms with Crippen LogP contribution in [-0.2, 0) is 0 Å². The van der Waals surface area contributed by atoms with E-state index >= 15 is 0 Å². The Hall–Kier alpha value is -0.700. The average molecular weight is 259 g/mol. The van der Waals surface area contributed by atoms with Gasteiger partial charge in [0.2, 0.25) is 0 Å². The van der Waals surface area contributed by atoms with E-state index in [2.05, 4.69) is 15.9 Å². The number of halogens is 2. The molecule has 0 radical (unpaired) electrons. The monoisotopic (exact) mass is 258 g/mol. The van der Waals surface area contributed by atoms with E-state index in [0.29, 0.717) is 6.42 Å². The summed E-state index contributed by atoms with van der Waals surface area (Å²) < 4.78 is 14.0. The third kappa shape index (κ3) is 2.91. The van der Waals surface area contributed by atoms with Gasteiger partial charge in [-0.05, 0) is 24.1 Å². The molecular weight excluding hydrogens is 247 g/mol. The fourth-order valence-corrected chi connectivity index (χ4v) is 1.55. The fraction of sp³-hybridized carbons (Fsp3) is 0.364. The van der Waals surface area contributed by atoms with Crippen LogP contribution in [-0.4, -0.2) is 5.78 Å². The molecule has 0 aliphatic rings. The van der Waals surface area contributed by atoms with Crippen LogP contribution in [0.1, 0.15) is 30.6 Å². The molecule has 1 rings (SSSR count). The average Bonchev–Trinajstić information content (AvgIpc) is 2.08. The molecule has 0 unspecified atom stereocenters. The summed E-state index contributed by atoms with van der Waals surface area (Å²) >= 11 is 3.21. The Morgan fingerprint density at radius 1 is 1.50 bits per heavy atom. The van der Waals surface area contributed by atoms with Crippen LogP contribution in [0, 0.1) is 11.7 Å². The number of Topliss-reactive ketones (excluding diaryl/α,β-unsaturated/α-hetero) is 1. The highest BCUT2D eigenvalue weighted by Gasteiger charge is 2.13. The van der Waals surface area contributed by atoms with Gasteiger partial charge in [0.05, 0.1) is 5.56 Å². The van der Waals surface area contributed by atoms with Gasteiger partial charge in [-0.25, -0.2) is 4.39 Å². The predicted molar refractivity (Wildman–Crippen MR) is 57.9 cm³/mol. The van der Waals surface area contributed by atoms with E-state index in [1.807, 2.05) is 13.8 Å². The van der Waals surface area contributed by atoms with Gasteiger partial charge in [0.15, 0.2) is 5.78 Å². The molecule has 0 amide bonds. The topological polar surface area (TPSA) is 17.1 Å². The summed E-state index contributed by atoms with van der Waals surface area (Å²) in [7, 11) is 0. The highest BCUT2D eigenvalue weighted by Crippen LogP contribution is 2.18. The first kappa shape index (κ1) is 11.4. The fourth-order valence-electron chi connectivity index (χ4n) is 1.19. The van der Waals surface area contributed by atoms with Crippen molar-refractivity contribution in [1.29, 1.82) is 0 Å². The van der Waals surface area contributed by atoms with Crippen LogP contribution < -0.4 is 0 Å². The minimum atomic E-state index is -0.446. The maximum absolute atomic E-state index is 13.2. The Morgan fingerprint density at radius 2 is 2.14 bits per heavy atom. The molecule has 0 heterocycles. The molecule has 1 aromatic carbocycles. The van der Waals surface area contributed by atoms with Crippen molar-refractivity contribution in [3.8, 4) is 0 Å². The molecular formula is C11H12BrFO. The Kier molecular flexibility index (Phi) is 3.81. The minimum absolute atomic E-state index is 0.140. The van der Waals surface area contributed by atoms with Gasteiger partial charge in [0.25, 0.3) is 0 Å². The lowest BCUT2D eigenvalue weighted by molar-refractivity contribution is 0.0964. The molecule has 76 valence electrons. The van der Waals surface area contributed by atoms with E-state index in [0.717, 1.165) is 4.47 Å². The van der Waals surface area contributed by atoms with Crippen LogP contribution in [0.3, 0.4) is 0 Å². The highest BCUT2D eigenvalue weighted by atomic mass is 79.9. The molecule has 0 aliphatic heterocycles. The SMILES string of the molecule is CC(C)CC(=O)c1cc(Br)ccc1F. The summed E-state index contributed by atoms with van der Waals surface area (Å²) in [6.45, 7) is 3.88. The number of rotatable bonds is 3. The van der Waals surface area contributed by atoms with E-state index in [4.69, 9.17) is 0 Å². The molecule has 0 aliphatic carbocycles. The molecule has 0 bridgehead atoms. The second-order valence-corrected chi connectivity index (χ2v) is 4.56. The molecule has 0 spiro atoms. The van der Waals surface area contributed by atoms with Crippen molar-refractivity contribution < 1.29 is 9.18 Å². The number of carbonyl (C=O) groups is 1. The van der Waals surface area contributed by atoms with Gasteiger partial charge >= 0.3 is 0 Å². The first-order valence-electron chi connectivity index (χ1n) is 4.49. The molecule has 1 nitrogen and oxygen atoms in total. The van der Waals surface area contributed by atoms with Crippen LogP contribution in [0.15, 0.2) is 22.7 Å². The van der Waals surface area contributed by atoms with Gasteiger partial charge in [-0.1, -0.05) is 29.8 Å². The molecule has 0 N–H and O–H groups in total. The number of carbonyl (C=O) groups excluding carboxylic acids is 1. The number of ketones is 1. The lowest BCUT2D eigenvalue weighted by Crippen LogP contribution is -2.05. The first-order chi connectivity index (χ1) is 6.50. The Bertz CT molecular complexity index is 347. The van der Waals surface area contributed by atoms with Crippen molar-refractivity contribution in [2.24, 2.45) is 5.92 Å². The standard InChI is InChI=1S/C11H12BrFO/c1-7(2)5-11(14)9-6-8(12)3-4-10(9)13/h3-4,6-7H,5H2,1-2H3. The summed E-state index contributed by atoms with van der Waals surface area (Å²) in [5.41, 5.74) is 0.174. The third-order valence-electron chi connectivity index (χ3n) is 1.82. The summed E-state index contributed by atoms with van der Waals surface area (Å²) in [5.74, 6) is -0.335. The van der Waals surface area contributed by atoms with Gasteiger partial charge in [-0.3, -0.25) is 4.79 Å². The zero-order valence-corrected chi connectivity index (χ0v) is 9.77. The predicted octanol–water partition coefficient (Wildman–Crippen LogP) is 3.82. The van der Waals surface area contributed by atoms with Crippen LogP contribution >= 0.6 is 15.9 Å². The largest absolute Gasteiger partial charge is 0.294 e. The second-order valence-electron chi connectivity index (χ2n) is 3.65. The summed E-state index contributed by atoms with van der Waals surface area (Å²) in [5, 5.41) is 0. The Balaban J connectivity index is 2.94. The molecule has 0 fully saturated rings. The summed E-state index contributed by atoms with van der Waals surface area (Å²) in [6.07, 6.45) is 0.382. The van der Waals surface area contributed by atoms with E-state index in [1.54, 1.807) is 6.07 Å². The lowest BCUT2D eigenvalue weighted by Gasteiger charge is -2.05. The molecule has 1 aromatic rings. The van der Waals surface area contributed by atoms with Gasteiger partial charge < -0.3 is 0 Å². The molecule has 14 heavy (non-hydrogen) atoms. The zero-order chi connectivity index (χ0) is 10.7. The smallest absolute Gasteiger partial charge is 0.166 e. The summed E-state index contributed by atoms with van der Waals surface area (Å²) in [4.78, 5) is 11.6. The van der Waals surface area contributed by atoms with Crippen LogP contribution in [0.25, 0.3) is 0 Å². The van der Waals surface area contributed by atoms with E-state index in [-0.39, 0.29) is 17.3 Å². The molecule has 0 saturated carbocycles.